The van der Waals surface area contributed by atoms with E-state index in [0.29, 0.717) is 11.7 Å². The van der Waals surface area contributed by atoms with E-state index >= 15 is 0 Å². The number of halogens is 1. The molecule has 0 aliphatic heterocycles. The maximum absolute atomic E-state index is 11.7. The molecule has 2 aromatic heterocycles. The van der Waals surface area contributed by atoms with Crippen molar-refractivity contribution in [2.75, 3.05) is 0 Å². The molecule has 0 aliphatic carbocycles. The molecule has 3 N–H and O–H groups in total. The molecule has 0 spiro atoms. The van der Waals surface area contributed by atoms with Crippen LogP contribution < -0.4 is 11.1 Å². The van der Waals surface area contributed by atoms with Crippen LogP contribution in [0.1, 0.15) is 19.7 Å². The number of nitrogens with zero attached hydrogens (tertiary/aromatic N) is 3. The van der Waals surface area contributed by atoms with Crippen LogP contribution in [0.2, 0.25) is 0 Å². The first kappa shape index (κ1) is 17.1. The summed E-state index contributed by atoms with van der Waals surface area (Å²) >= 11 is 0. The maximum atomic E-state index is 11.7. The number of aromatic nitrogens is 3. The minimum absolute atomic E-state index is 0. The number of carbonyl (C=O) groups excluding carboxylic acids is 1. The molecule has 0 aliphatic rings. The zero-order chi connectivity index (χ0) is 14.5. The molecule has 114 valence electrons. The van der Waals surface area contributed by atoms with Crippen molar-refractivity contribution in [2.24, 2.45) is 11.7 Å². The summed E-state index contributed by atoms with van der Waals surface area (Å²) < 4.78 is 5.07. The molecular weight excluding hydrogens is 294 g/mol. The van der Waals surface area contributed by atoms with E-state index < -0.39 is 6.04 Å². The van der Waals surface area contributed by atoms with Crippen molar-refractivity contribution in [1.29, 1.82) is 0 Å². The second-order valence-electron chi connectivity index (χ2n) is 4.74. The highest BCUT2D eigenvalue weighted by Gasteiger charge is 2.17. The summed E-state index contributed by atoms with van der Waals surface area (Å²) in [5.74, 6) is 0.605. The summed E-state index contributed by atoms with van der Waals surface area (Å²) in [4.78, 5) is 19.9. The topological polar surface area (TPSA) is 107 Å². The Hall–Kier alpha value is -1.99. The standard InChI is InChI=1S/C13H17N5O2.ClH/c1-8(2)11(14)13(19)16-7-10-17-12(18-20-10)9-4-3-5-15-6-9;/h3-6,8,11H,7,14H2,1-2H3,(H,16,19);1H/t11-;/m0./s1. The highest BCUT2D eigenvalue weighted by atomic mass is 35.5. The molecule has 1 atom stereocenters. The minimum Gasteiger partial charge on any atom is -0.346 e. The largest absolute Gasteiger partial charge is 0.346 e. The summed E-state index contributed by atoms with van der Waals surface area (Å²) in [5, 5.41) is 6.50. The van der Waals surface area contributed by atoms with Crippen molar-refractivity contribution in [3.63, 3.8) is 0 Å². The van der Waals surface area contributed by atoms with Gasteiger partial charge in [0.05, 0.1) is 12.6 Å². The number of hydrogen-bond donors (Lipinski definition) is 2. The highest BCUT2D eigenvalue weighted by Crippen LogP contribution is 2.13. The molecule has 0 radical (unpaired) electrons. The van der Waals surface area contributed by atoms with Crippen LogP contribution in [0.25, 0.3) is 11.4 Å². The summed E-state index contributed by atoms with van der Waals surface area (Å²) in [7, 11) is 0. The van der Waals surface area contributed by atoms with Crippen molar-refractivity contribution in [2.45, 2.75) is 26.4 Å². The zero-order valence-electron chi connectivity index (χ0n) is 11.8. The third kappa shape index (κ3) is 4.51. The molecular formula is C13H18ClN5O2. The van der Waals surface area contributed by atoms with Gasteiger partial charge in [0.1, 0.15) is 0 Å². The molecule has 2 heterocycles. The van der Waals surface area contributed by atoms with Crippen LogP contribution >= 0.6 is 12.4 Å². The predicted octanol–water partition coefficient (Wildman–Crippen LogP) is 1.15. The van der Waals surface area contributed by atoms with Gasteiger partial charge < -0.3 is 15.6 Å². The molecule has 0 fully saturated rings. The lowest BCUT2D eigenvalue weighted by atomic mass is 10.1. The van der Waals surface area contributed by atoms with Crippen LogP contribution in [0.4, 0.5) is 0 Å². The van der Waals surface area contributed by atoms with Crippen LogP contribution in [0.3, 0.4) is 0 Å². The average Bonchev–Trinajstić information content (AvgIpc) is 2.93. The molecule has 1 amide bonds. The molecule has 21 heavy (non-hydrogen) atoms. The SMILES string of the molecule is CC(C)[C@H](N)C(=O)NCc1nc(-c2cccnc2)no1.Cl. The Morgan fingerprint density at radius 3 is 2.86 bits per heavy atom. The van der Waals surface area contributed by atoms with Crippen LogP contribution in [0, 0.1) is 5.92 Å². The van der Waals surface area contributed by atoms with E-state index in [0.717, 1.165) is 5.56 Å². The van der Waals surface area contributed by atoms with Gasteiger partial charge in [-0.15, -0.1) is 12.4 Å². The molecule has 0 unspecified atom stereocenters. The Bertz CT molecular complexity index is 573. The summed E-state index contributed by atoms with van der Waals surface area (Å²) in [6, 6.07) is 3.07. The van der Waals surface area contributed by atoms with Crippen LogP contribution in [-0.4, -0.2) is 27.1 Å². The zero-order valence-corrected chi connectivity index (χ0v) is 12.6. The van der Waals surface area contributed by atoms with Crippen molar-refractivity contribution in [3.05, 3.63) is 30.4 Å². The lowest BCUT2D eigenvalue weighted by Gasteiger charge is -2.14. The summed E-state index contributed by atoms with van der Waals surface area (Å²) in [5.41, 5.74) is 6.49. The number of nitrogens with one attached hydrogen (secondary N) is 1. The van der Waals surface area contributed by atoms with E-state index in [1.54, 1.807) is 18.5 Å². The molecule has 2 aromatic rings. The molecule has 0 bridgehead atoms. The monoisotopic (exact) mass is 311 g/mol. The van der Waals surface area contributed by atoms with E-state index in [9.17, 15) is 4.79 Å². The smallest absolute Gasteiger partial charge is 0.246 e. The van der Waals surface area contributed by atoms with Gasteiger partial charge in [0.15, 0.2) is 0 Å². The second-order valence-corrected chi connectivity index (χ2v) is 4.74. The van der Waals surface area contributed by atoms with Crippen LogP contribution in [0.5, 0.6) is 0 Å². The van der Waals surface area contributed by atoms with Crippen molar-refractivity contribution in [1.82, 2.24) is 20.4 Å². The van der Waals surface area contributed by atoms with Crippen LogP contribution in [0.15, 0.2) is 29.0 Å². The first-order valence-electron chi connectivity index (χ1n) is 6.34. The van der Waals surface area contributed by atoms with Crippen LogP contribution in [-0.2, 0) is 11.3 Å². The van der Waals surface area contributed by atoms with E-state index in [1.165, 1.54) is 0 Å². The summed E-state index contributed by atoms with van der Waals surface area (Å²) in [6.45, 7) is 3.93. The summed E-state index contributed by atoms with van der Waals surface area (Å²) in [6.07, 6.45) is 3.31. The first-order chi connectivity index (χ1) is 9.58. The van der Waals surface area contributed by atoms with Crippen molar-refractivity contribution < 1.29 is 9.32 Å². The Kier molecular flexibility index (Phi) is 6.26. The fourth-order valence-corrected chi connectivity index (χ4v) is 1.52. The number of hydrogen-bond acceptors (Lipinski definition) is 6. The Morgan fingerprint density at radius 1 is 1.48 bits per heavy atom. The molecule has 0 aromatic carbocycles. The van der Waals surface area contributed by atoms with Gasteiger partial charge in [0.25, 0.3) is 0 Å². The van der Waals surface area contributed by atoms with Gasteiger partial charge in [-0.1, -0.05) is 19.0 Å². The third-order valence-corrected chi connectivity index (χ3v) is 2.82. The van der Waals surface area contributed by atoms with Gasteiger partial charge in [-0.25, -0.2) is 0 Å². The second kappa shape index (κ2) is 7.70. The molecule has 2 rings (SSSR count). The van der Waals surface area contributed by atoms with E-state index in [2.05, 4.69) is 20.4 Å². The lowest BCUT2D eigenvalue weighted by Crippen LogP contribution is -2.43. The fraction of sp³-hybridized carbons (Fsp3) is 0.385. The average molecular weight is 312 g/mol. The number of carbonyl (C=O) groups is 1. The number of amides is 1. The molecule has 0 saturated carbocycles. The van der Waals surface area contributed by atoms with Gasteiger partial charge >= 0.3 is 0 Å². The quantitative estimate of drug-likeness (QED) is 0.858. The fourth-order valence-electron chi connectivity index (χ4n) is 1.52. The van der Waals surface area contributed by atoms with E-state index in [4.69, 9.17) is 10.3 Å². The predicted molar refractivity (Wildman–Crippen MR) is 79.4 cm³/mol. The Balaban J connectivity index is 0.00000220. The van der Waals surface area contributed by atoms with Crippen molar-refractivity contribution >= 4 is 18.3 Å². The van der Waals surface area contributed by atoms with Crippen molar-refractivity contribution in [3.8, 4) is 11.4 Å². The molecule has 7 nitrogen and oxygen atoms in total. The highest BCUT2D eigenvalue weighted by molar-refractivity contribution is 5.85. The van der Waals surface area contributed by atoms with Gasteiger partial charge in [-0.3, -0.25) is 9.78 Å². The molecule has 0 saturated heterocycles. The third-order valence-electron chi connectivity index (χ3n) is 2.82. The number of nitrogens with two attached hydrogens (primary N) is 1. The number of rotatable bonds is 5. The Morgan fingerprint density at radius 2 is 2.24 bits per heavy atom. The van der Waals surface area contributed by atoms with E-state index in [1.807, 2.05) is 19.9 Å². The van der Waals surface area contributed by atoms with E-state index in [-0.39, 0.29) is 30.8 Å². The normalized spacial score (nSPS) is 11.8. The van der Waals surface area contributed by atoms with Gasteiger partial charge in [0, 0.05) is 18.0 Å². The number of pyridine rings is 1. The van der Waals surface area contributed by atoms with Gasteiger partial charge in [0.2, 0.25) is 17.6 Å². The maximum Gasteiger partial charge on any atom is 0.246 e. The lowest BCUT2D eigenvalue weighted by molar-refractivity contribution is -0.123. The molecule has 8 heteroatoms. The minimum atomic E-state index is -0.546. The van der Waals surface area contributed by atoms with Gasteiger partial charge in [-0.05, 0) is 18.1 Å². The van der Waals surface area contributed by atoms with Gasteiger partial charge in [-0.2, -0.15) is 4.98 Å². The first-order valence-corrected chi connectivity index (χ1v) is 6.34. The Labute approximate surface area is 128 Å².